The van der Waals surface area contributed by atoms with Crippen LogP contribution in [0.4, 0.5) is 24.5 Å². The molecule has 9 heteroatoms. The second-order valence-electron chi connectivity index (χ2n) is 3.28. The van der Waals surface area contributed by atoms with Gasteiger partial charge in [-0.2, -0.15) is 13.2 Å². The first kappa shape index (κ1) is 14.4. The van der Waals surface area contributed by atoms with Crippen molar-refractivity contribution >= 4 is 33.2 Å². The molecule has 0 spiro atoms. The standard InChI is InChI=1S/C9H6BrF3N2O3/c1-4-5(10)2-3-6(15(17)18)7(4)14-8(16)9(11,12)13/h2-3H,1H3,(H,14,16). The van der Waals surface area contributed by atoms with Crippen LogP contribution in [0.3, 0.4) is 0 Å². The van der Waals surface area contributed by atoms with Gasteiger partial charge >= 0.3 is 12.1 Å². The first-order chi connectivity index (χ1) is 8.14. The molecule has 0 saturated heterocycles. The number of carbonyl (C=O) groups excluding carboxylic acids is 1. The molecule has 0 saturated carbocycles. The summed E-state index contributed by atoms with van der Waals surface area (Å²) in [6.45, 7) is 1.35. The van der Waals surface area contributed by atoms with Crippen molar-refractivity contribution in [2.75, 3.05) is 5.32 Å². The lowest BCUT2D eigenvalue weighted by Gasteiger charge is -2.11. The zero-order chi connectivity index (χ0) is 14.1. The molecule has 0 aliphatic carbocycles. The van der Waals surface area contributed by atoms with Crippen LogP contribution >= 0.6 is 15.9 Å². The molecule has 0 aliphatic heterocycles. The van der Waals surface area contributed by atoms with Crippen LogP contribution in [-0.2, 0) is 4.79 Å². The summed E-state index contributed by atoms with van der Waals surface area (Å²) in [5, 5.41) is 12.2. The molecule has 0 fully saturated rings. The quantitative estimate of drug-likeness (QED) is 0.670. The number of nitro benzene ring substituents is 1. The van der Waals surface area contributed by atoms with Gasteiger partial charge in [0, 0.05) is 10.5 Å². The van der Waals surface area contributed by atoms with E-state index in [1.54, 1.807) is 0 Å². The SMILES string of the molecule is Cc1c(Br)ccc([N+](=O)[O-])c1NC(=O)C(F)(F)F. The molecule has 1 N–H and O–H groups in total. The number of rotatable bonds is 2. The van der Waals surface area contributed by atoms with E-state index in [0.29, 0.717) is 4.47 Å². The minimum atomic E-state index is -5.11. The molecule has 1 aromatic carbocycles. The van der Waals surface area contributed by atoms with Crippen molar-refractivity contribution in [2.45, 2.75) is 13.1 Å². The molecule has 98 valence electrons. The Morgan fingerprint density at radius 2 is 2.00 bits per heavy atom. The predicted molar refractivity (Wildman–Crippen MR) is 60.2 cm³/mol. The van der Waals surface area contributed by atoms with Crippen LogP contribution in [0, 0.1) is 17.0 Å². The lowest BCUT2D eigenvalue weighted by molar-refractivity contribution is -0.384. The van der Waals surface area contributed by atoms with E-state index in [9.17, 15) is 28.1 Å². The van der Waals surface area contributed by atoms with Crippen LogP contribution in [0.1, 0.15) is 5.56 Å². The number of nitrogens with zero attached hydrogens (tertiary/aromatic N) is 1. The van der Waals surface area contributed by atoms with E-state index in [4.69, 9.17) is 0 Å². The summed E-state index contributed by atoms with van der Waals surface area (Å²) in [7, 11) is 0. The summed E-state index contributed by atoms with van der Waals surface area (Å²) < 4.78 is 36.7. The lowest BCUT2D eigenvalue weighted by Crippen LogP contribution is -2.30. The highest BCUT2D eigenvalue weighted by Crippen LogP contribution is 2.34. The summed E-state index contributed by atoms with van der Waals surface area (Å²) in [4.78, 5) is 20.6. The highest BCUT2D eigenvalue weighted by atomic mass is 79.9. The molecule has 0 heterocycles. The molecule has 5 nitrogen and oxygen atoms in total. The first-order valence-corrected chi connectivity index (χ1v) is 5.25. The van der Waals surface area contributed by atoms with E-state index in [2.05, 4.69) is 15.9 Å². The van der Waals surface area contributed by atoms with Gasteiger partial charge in [-0.3, -0.25) is 14.9 Å². The third kappa shape index (κ3) is 2.97. The van der Waals surface area contributed by atoms with E-state index in [-0.39, 0.29) is 5.56 Å². The molecular formula is C9H6BrF3N2O3. The monoisotopic (exact) mass is 326 g/mol. The number of carbonyl (C=O) groups is 1. The fourth-order valence-electron chi connectivity index (χ4n) is 1.17. The highest BCUT2D eigenvalue weighted by molar-refractivity contribution is 9.10. The predicted octanol–water partition coefficient (Wildman–Crippen LogP) is 3.17. The molecule has 0 unspecified atom stereocenters. The van der Waals surface area contributed by atoms with E-state index >= 15 is 0 Å². The van der Waals surface area contributed by atoms with Crippen molar-refractivity contribution in [3.05, 3.63) is 32.3 Å². The Hall–Kier alpha value is -1.64. The molecular weight excluding hydrogens is 321 g/mol. The zero-order valence-electron chi connectivity index (χ0n) is 8.84. The van der Waals surface area contributed by atoms with Crippen molar-refractivity contribution in [1.29, 1.82) is 0 Å². The van der Waals surface area contributed by atoms with Crippen LogP contribution in [0.25, 0.3) is 0 Å². The fraction of sp³-hybridized carbons (Fsp3) is 0.222. The largest absolute Gasteiger partial charge is 0.471 e. The second kappa shape index (κ2) is 4.92. The average molecular weight is 327 g/mol. The van der Waals surface area contributed by atoms with Crippen molar-refractivity contribution in [1.82, 2.24) is 0 Å². The maximum absolute atomic E-state index is 12.1. The molecule has 0 radical (unpaired) electrons. The van der Waals surface area contributed by atoms with Gasteiger partial charge in [0.25, 0.3) is 5.69 Å². The Morgan fingerprint density at radius 1 is 1.44 bits per heavy atom. The minimum absolute atomic E-state index is 0.141. The van der Waals surface area contributed by atoms with Gasteiger partial charge in [-0.25, -0.2) is 0 Å². The van der Waals surface area contributed by atoms with Crippen LogP contribution in [0.2, 0.25) is 0 Å². The Kier molecular flexibility index (Phi) is 3.95. The van der Waals surface area contributed by atoms with E-state index < -0.39 is 28.4 Å². The Labute approximate surface area is 107 Å². The summed E-state index contributed by atoms with van der Waals surface area (Å²) in [5.74, 6) is -2.26. The fourth-order valence-corrected chi connectivity index (χ4v) is 1.50. The van der Waals surface area contributed by atoms with E-state index in [1.807, 2.05) is 0 Å². The average Bonchev–Trinajstić information content (AvgIpc) is 2.23. The van der Waals surface area contributed by atoms with Gasteiger partial charge in [-0.15, -0.1) is 0 Å². The van der Waals surface area contributed by atoms with Crippen molar-refractivity contribution in [2.24, 2.45) is 0 Å². The summed E-state index contributed by atoms with van der Waals surface area (Å²) in [6.07, 6.45) is -5.11. The normalized spacial score (nSPS) is 11.2. The van der Waals surface area contributed by atoms with Crippen molar-refractivity contribution < 1.29 is 22.9 Å². The lowest BCUT2D eigenvalue weighted by atomic mass is 10.1. The number of benzene rings is 1. The first-order valence-electron chi connectivity index (χ1n) is 4.46. The summed E-state index contributed by atoms with van der Waals surface area (Å²) in [6, 6.07) is 2.32. The number of hydrogen-bond donors (Lipinski definition) is 1. The third-order valence-electron chi connectivity index (χ3n) is 2.07. The Morgan fingerprint density at radius 3 is 2.44 bits per heavy atom. The van der Waals surface area contributed by atoms with Gasteiger partial charge in [0.05, 0.1) is 4.92 Å². The van der Waals surface area contributed by atoms with Gasteiger partial charge in [-0.05, 0) is 18.6 Å². The molecule has 0 aromatic heterocycles. The maximum Gasteiger partial charge on any atom is 0.471 e. The Bertz CT molecular complexity index is 517. The van der Waals surface area contributed by atoms with Gasteiger partial charge in [0.2, 0.25) is 0 Å². The van der Waals surface area contributed by atoms with Crippen molar-refractivity contribution in [3.8, 4) is 0 Å². The molecule has 1 amide bonds. The maximum atomic E-state index is 12.1. The molecule has 1 rings (SSSR count). The van der Waals surface area contributed by atoms with E-state index in [1.165, 1.54) is 18.3 Å². The van der Waals surface area contributed by atoms with Crippen LogP contribution < -0.4 is 5.32 Å². The summed E-state index contributed by atoms with van der Waals surface area (Å²) >= 11 is 3.01. The zero-order valence-corrected chi connectivity index (χ0v) is 10.4. The molecule has 0 aliphatic rings. The van der Waals surface area contributed by atoms with Gasteiger partial charge in [-0.1, -0.05) is 15.9 Å². The highest BCUT2D eigenvalue weighted by Gasteiger charge is 2.40. The smallest absolute Gasteiger partial charge is 0.312 e. The Balaban J connectivity index is 3.26. The number of hydrogen-bond acceptors (Lipinski definition) is 3. The van der Waals surface area contributed by atoms with Crippen LogP contribution in [0.15, 0.2) is 16.6 Å². The third-order valence-corrected chi connectivity index (χ3v) is 2.93. The number of amides is 1. The number of nitro groups is 1. The number of halogens is 4. The number of anilines is 1. The van der Waals surface area contributed by atoms with Crippen LogP contribution in [-0.4, -0.2) is 17.0 Å². The van der Waals surface area contributed by atoms with E-state index in [0.717, 1.165) is 6.07 Å². The molecule has 18 heavy (non-hydrogen) atoms. The molecule has 0 atom stereocenters. The van der Waals surface area contributed by atoms with Gasteiger partial charge < -0.3 is 5.32 Å². The number of alkyl halides is 3. The number of nitrogens with one attached hydrogen (secondary N) is 1. The summed E-state index contributed by atoms with van der Waals surface area (Å²) in [5.41, 5.74) is -0.938. The van der Waals surface area contributed by atoms with Crippen molar-refractivity contribution in [3.63, 3.8) is 0 Å². The second-order valence-corrected chi connectivity index (χ2v) is 4.13. The minimum Gasteiger partial charge on any atom is -0.312 e. The van der Waals surface area contributed by atoms with Gasteiger partial charge in [0.1, 0.15) is 5.69 Å². The van der Waals surface area contributed by atoms with Crippen LogP contribution in [0.5, 0.6) is 0 Å². The molecule has 1 aromatic rings. The molecule has 0 bridgehead atoms. The van der Waals surface area contributed by atoms with Gasteiger partial charge in [0.15, 0.2) is 0 Å². The topological polar surface area (TPSA) is 72.2 Å².